The van der Waals surface area contributed by atoms with Crippen LogP contribution in [0.5, 0.6) is 0 Å². The van der Waals surface area contributed by atoms with Crippen molar-refractivity contribution in [1.82, 2.24) is 5.32 Å². The third kappa shape index (κ3) is 4.00. The first kappa shape index (κ1) is 12.3. The molecule has 1 heterocycles. The van der Waals surface area contributed by atoms with E-state index in [-0.39, 0.29) is 0 Å². The number of aliphatic imine (C=N–C) groups is 1. The maximum Gasteiger partial charge on any atom is 0.157 e. The van der Waals surface area contributed by atoms with Gasteiger partial charge in [-0.3, -0.25) is 4.99 Å². The maximum atomic E-state index is 4.61. The van der Waals surface area contributed by atoms with Crippen LogP contribution in [0.25, 0.3) is 0 Å². The third-order valence-corrected chi connectivity index (χ3v) is 4.35. The fourth-order valence-electron chi connectivity index (χ4n) is 2.27. The van der Waals surface area contributed by atoms with Crippen molar-refractivity contribution in [3.8, 4) is 0 Å². The Balaban J connectivity index is 1.66. The van der Waals surface area contributed by atoms with Gasteiger partial charge in [0.2, 0.25) is 0 Å². The minimum atomic E-state index is 0.608. The summed E-state index contributed by atoms with van der Waals surface area (Å²) in [6, 6.07) is 0.608. The summed E-state index contributed by atoms with van der Waals surface area (Å²) in [5, 5.41) is 5.48. The quantitative estimate of drug-likeness (QED) is 0.797. The summed E-state index contributed by atoms with van der Waals surface area (Å²) in [4.78, 5) is 4.61. The second-order valence-electron chi connectivity index (χ2n) is 5.74. The first-order chi connectivity index (χ1) is 7.63. The number of nitrogens with one attached hydrogen (secondary N) is 1. The van der Waals surface area contributed by atoms with E-state index in [9.17, 15) is 0 Å². The molecule has 1 aliphatic carbocycles. The molecule has 92 valence electrons. The van der Waals surface area contributed by atoms with Crippen LogP contribution in [0.1, 0.15) is 46.5 Å². The van der Waals surface area contributed by atoms with Crippen molar-refractivity contribution in [2.75, 3.05) is 6.54 Å². The lowest BCUT2D eigenvalue weighted by Crippen LogP contribution is -2.30. The van der Waals surface area contributed by atoms with Crippen LogP contribution in [0, 0.1) is 11.8 Å². The second-order valence-corrected chi connectivity index (χ2v) is 7.03. The molecule has 3 heteroatoms. The molecule has 0 saturated heterocycles. The highest BCUT2D eigenvalue weighted by molar-refractivity contribution is 8.14. The zero-order chi connectivity index (χ0) is 11.5. The third-order valence-electron chi connectivity index (χ3n) is 3.20. The van der Waals surface area contributed by atoms with Crippen molar-refractivity contribution in [2.24, 2.45) is 16.8 Å². The average molecular weight is 240 g/mol. The Labute approximate surface area is 104 Å². The summed E-state index contributed by atoms with van der Waals surface area (Å²) >= 11 is 1.95. The molecule has 0 bridgehead atoms. The predicted molar refractivity (Wildman–Crippen MR) is 73.1 cm³/mol. The molecule has 0 aromatic carbocycles. The number of hydrogen-bond acceptors (Lipinski definition) is 3. The van der Waals surface area contributed by atoms with Gasteiger partial charge in [0, 0.05) is 11.3 Å². The van der Waals surface area contributed by atoms with E-state index in [1.54, 1.807) is 0 Å². The molecule has 2 atom stereocenters. The van der Waals surface area contributed by atoms with Gasteiger partial charge >= 0.3 is 0 Å². The molecule has 1 aliphatic heterocycles. The van der Waals surface area contributed by atoms with Crippen LogP contribution in [-0.2, 0) is 0 Å². The van der Waals surface area contributed by atoms with E-state index in [0.717, 1.165) is 23.6 Å². The zero-order valence-corrected chi connectivity index (χ0v) is 11.5. The van der Waals surface area contributed by atoms with Crippen LogP contribution in [0.3, 0.4) is 0 Å². The van der Waals surface area contributed by atoms with Crippen LogP contribution in [0.15, 0.2) is 4.99 Å². The van der Waals surface area contributed by atoms with Crippen molar-refractivity contribution in [2.45, 2.75) is 57.7 Å². The van der Waals surface area contributed by atoms with Gasteiger partial charge in [0.1, 0.15) is 0 Å². The molecular weight excluding hydrogens is 216 g/mol. The Hall–Kier alpha value is -0.180. The van der Waals surface area contributed by atoms with Gasteiger partial charge in [-0.1, -0.05) is 38.5 Å². The van der Waals surface area contributed by atoms with E-state index >= 15 is 0 Å². The van der Waals surface area contributed by atoms with E-state index in [1.165, 1.54) is 30.9 Å². The molecule has 0 aromatic heterocycles. The molecule has 1 N–H and O–H groups in total. The van der Waals surface area contributed by atoms with Crippen molar-refractivity contribution < 1.29 is 0 Å². The number of hydrogen-bond donors (Lipinski definition) is 1. The Kier molecular flexibility index (Phi) is 4.17. The molecule has 2 unspecified atom stereocenters. The molecule has 1 saturated carbocycles. The van der Waals surface area contributed by atoms with Gasteiger partial charge in [-0.05, 0) is 31.6 Å². The fourth-order valence-corrected chi connectivity index (χ4v) is 3.63. The van der Waals surface area contributed by atoms with Crippen LogP contribution < -0.4 is 5.32 Å². The van der Waals surface area contributed by atoms with E-state index in [2.05, 4.69) is 31.1 Å². The summed E-state index contributed by atoms with van der Waals surface area (Å²) in [6.07, 6.45) is 5.51. The molecule has 0 radical (unpaired) electrons. The average Bonchev–Trinajstić information content (AvgIpc) is 2.87. The minimum Gasteiger partial charge on any atom is -0.362 e. The monoisotopic (exact) mass is 240 g/mol. The number of thioether (sulfide) groups is 1. The van der Waals surface area contributed by atoms with Gasteiger partial charge in [0.25, 0.3) is 0 Å². The summed E-state index contributed by atoms with van der Waals surface area (Å²) < 4.78 is 0. The first-order valence-corrected chi connectivity index (χ1v) is 7.49. The lowest BCUT2D eigenvalue weighted by Gasteiger charge is -2.15. The van der Waals surface area contributed by atoms with E-state index in [0.29, 0.717) is 6.04 Å². The Morgan fingerprint density at radius 2 is 2.06 bits per heavy atom. The van der Waals surface area contributed by atoms with Crippen LogP contribution in [-0.4, -0.2) is 23.0 Å². The normalized spacial score (nSPS) is 27.0. The summed E-state index contributed by atoms with van der Waals surface area (Å²) in [7, 11) is 0. The number of nitrogens with zero attached hydrogens (tertiary/aromatic N) is 1. The van der Waals surface area contributed by atoms with E-state index in [1.807, 2.05) is 11.8 Å². The van der Waals surface area contributed by atoms with Crippen molar-refractivity contribution in [3.05, 3.63) is 0 Å². The minimum absolute atomic E-state index is 0.608. The summed E-state index contributed by atoms with van der Waals surface area (Å²) in [6.45, 7) is 7.89. The zero-order valence-electron chi connectivity index (χ0n) is 10.7. The van der Waals surface area contributed by atoms with Gasteiger partial charge in [0.05, 0.1) is 6.54 Å². The SMILES string of the molecule is CC(C)CC1CN=C(NC(C)CC2CC2)S1. The van der Waals surface area contributed by atoms with Crippen LogP contribution >= 0.6 is 11.8 Å². The van der Waals surface area contributed by atoms with E-state index in [4.69, 9.17) is 0 Å². The molecule has 1 fully saturated rings. The highest BCUT2D eigenvalue weighted by atomic mass is 32.2. The van der Waals surface area contributed by atoms with Crippen LogP contribution in [0.2, 0.25) is 0 Å². The molecular formula is C13H24N2S. The number of amidine groups is 1. The molecule has 16 heavy (non-hydrogen) atoms. The van der Waals surface area contributed by atoms with Crippen molar-refractivity contribution in [3.63, 3.8) is 0 Å². The fraction of sp³-hybridized carbons (Fsp3) is 0.923. The topological polar surface area (TPSA) is 24.4 Å². The van der Waals surface area contributed by atoms with Crippen molar-refractivity contribution in [1.29, 1.82) is 0 Å². The maximum absolute atomic E-state index is 4.61. The molecule has 2 aliphatic rings. The highest BCUT2D eigenvalue weighted by Gasteiger charge is 2.26. The molecule has 0 spiro atoms. The largest absolute Gasteiger partial charge is 0.362 e. The van der Waals surface area contributed by atoms with Gasteiger partial charge in [-0.15, -0.1) is 0 Å². The van der Waals surface area contributed by atoms with Crippen LogP contribution in [0.4, 0.5) is 0 Å². The highest BCUT2D eigenvalue weighted by Crippen LogP contribution is 2.34. The predicted octanol–water partition coefficient (Wildman–Crippen LogP) is 3.28. The number of rotatable bonds is 5. The van der Waals surface area contributed by atoms with E-state index < -0.39 is 0 Å². The smallest absolute Gasteiger partial charge is 0.157 e. The van der Waals surface area contributed by atoms with Gasteiger partial charge in [0.15, 0.2) is 5.17 Å². The molecule has 2 rings (SSSR count). The van der Waals surface area contributed by atoms with Gasteiger partial charge in [-0.2, -0.15) is 0 Å². The lowest BCUT2D eigenvalue weighted by atomic mass is 10.1. The Morgan fingerprint density at radius 1 is 1.31 bits per heavy atom. The van der Waals surface area contributed by atoms with Gasteiger partial charge in [-0.25, -0.2) is 0 Å². The summed E-state index contributed by atoms with van der Waals surface area (Å²) in [5.41, 5.74) is 0. The second kappa shape index (κ2) is 5.44. The molecule has 0 aromatic rings. The molecule has 2 nitrogen and oxygen atoms in total. The van der Waals surface area contributed by atoms with Crippen molar-refractivity contribution >= 4 is 16.9 Å². The first-order valence-electron chi connectivity index (χ1n) is 6.61. The summed E-state index contributed by atoms with van der Waals surface area (Å²) in [5.74, 6) is 1.79. The Bertz CT molecular complexity index is 259. The molecule has 0 amide bonds. The van der Waals surface area contributed by atoms with Gasteiger partial charge < -0.3 is 5.32 Å². The Morgan fingerprint density at radius 3 is 2.69 bits per heavy atom. The standard InChI is InChI=1S/C13H24N2S/c1-9(2)6-12-8-14-13(16-12)15-10(3)7-11-4-5-11/h9-12H,4-8H2,1-3H3,(H,14,15). The lowest BCUT2D eigenvalue weighted by molar-refractivity contribution is 0.565.